The molecule has 0 amide bonds. The van der Waals surface area contributed by atoms with Gasteiger partial charge in [0, 0.05) is 13.1 Å². The molecule has 4 nitrogen and oxygen atoms in total. The highest BCUT2D eigenvalue weighted by Crippen LogP contribution is 2.24. The SMILES string of the molecule is COc1ccc(S(=O)(=O)N2CCC(C)CC2)cc1. The number of hydrogen-bond donors (Lipinski definition) is 0. The van der Waals surface area contributed by atoms with Gasteiger partial charge in [-0.2, -0.15) is 4.31 Å². The first-order chi connectivity index (χ1) is 8.54. The molecular formula is C13H19NO3S. The van der Waals surface area contributed by atoms with Gasteiger partial charge in [-0.25, -0.2) is 8.42 Å². The third-order valence-electron chi connectivity index (χ3n) is 3.44. The van der Waals surface area contributed by atoms with Crippen molar-refractivity contribution in [3.8, 4) is 5.75 Å². The molecule has 1 aliphatic rings. The number of nitrogens with zero attached hydrogens (tertiary/aromatic N) is 1. The Labute approximate surface area is 109 Å². The van der Waals surface area contributed by atoms with Crippen LogP contribution in [0.4, 0.5) is 0 Å². The average Bonchev–Trinajstić information content (AvgIpc) is 2.39. The van der Waals surface area contributed by atoms with Gasteiger partial charge in [0.25, 0.3) is 0 Å². The quantitative estimate of drug-likeness (QED) is 0.844. The van der Waals surface area contributed by atoms with Crippen LogP contribution in [-0.4, -0.2) is 32.9 Å². The van der Waals surface area contributed by atoms with E-state index in [1.54, 1.807) is 35.7 Å². The van der Waals surface area contributed by atoms with Crippen LogP contribution >= 0.6 is 0 Å². The molecule has 0 atom stereocenters. The smallest absolute Gasteiger partial charge is 0.243 e. The van der Waals surface area contributed by atoms with Crippen molar-refractivity contribution in [1.29, 1.82) is 0 Å². The summed E-state index contributed by atoms with van der Waals surface area (Å²) in [4.78, 5) is 0.345. The van der Waals surface area contributed by atoms with Crippen molar-refractivity contribution in [2.45, 2.75) is 24.7 Å². The van der Waals surface area contributed by atoms with Crippen molar-refractivity contribution in [2.24, 2.45) is 5.92 Å². The summed E-state index contributed by atoms with van der Waals surface area (Å²) in [6.07, 6.45) is 1.88. The Kier molecular flexibility index (Phi) is 3.92. The molecule has 1 heterocycles. The lowest BCUT2D eigenvalue weighted by Gasteiger charge is -2.29. The Morgan fingerprint density at radius 2 is 1.72 bits per heavy atom. The number of methoxy groups -OCH3 is 1. The minimum Gasteiger partial charge on any atom is -0.497 e. The maximum Gasteiger partial charge on any atom is 0.243 e. The summed E-state index contributed by atoms with van der Waals surface area (Å²) >= 11 is 0. The van der Waals surface area contributed by atoms with Crippen molar-refractivity contribution in [3.05, 3.63) is 24.3 Å². The second-order valence-electron chi connectivity index (χ2n) is 4.76. The van der Waals surface area contributed by atoms with Crippen LogP contribution in [0.1, 0.15) is 19.8 Å². The molecule has 0 aromatic heterocycles. The maximum atomic E-state index is 12.4. The fourth-order valence-corrected chi connectivity index (χ4v) is 3.59. The van der Waals surface area contributed by atoms with E-state index in [2.05, 4.69) is 6.92 Å². The normalized spacial score (nSPS) is 18.8. The van der Waals surface area contributed by atoms with Gasteiger partial charge in [-0.1, -0.05) is 6.92 Å². The first kappa shape index (κ1) is 13.4. The Morgan fingerprint density at radius 1 is 1.17 bits per heavy atom. The first-order valence-electron chi connectivity index (χ1n) is 6.18. The van der Waals surface area contributed by atoms with Crippen molar-refractivity contribution in [2.75, 3.05) is 20.2 Å². The van der Waals surface area contributed by atoms with Gasteiger partial charge < -0.3 is 4.74 Å². The average molecular weight is 269 g/mol. The van der Waals surface area contributed by atoms with Crippen LogP contribution in [-0.2, 0) is 10.0 Å². The fourth-order valence-electron chi connectivity index (χ4n) is 2.12. The predicted octanol–water partition coefficient (Wildman–Crippen LogP) is 2.12. The first-order valence-corrected chi connectivity index (χ1v) is 7.62. The van der Waals surface area contributed by atoms with E-state index in [0.717, 1.165) is 12.8 Å². The van der Waals surface area contributed by atoms with Crippen LogP contribution in [0.15, 0.2) is 29.2 Å². The highest BCUT2D eigenvalue weighted by atomic mass is 32.2. The highest BCUT2D eigenvalue weighted by Gasteiger charge is 2.27. The third kappa shape index (κ3) is 2.67. The zero-order chi connectivity index (χ0) is 13.2. The summed E-state index contributed by atoms with van der Waals surface area (Å²) < 4.78 is 31.4. The van der Waals surface area contributed by atoms with E-state index in [0.29, 0.717) is 29.7 Å². The van der Waals surface area contributed by atoms with Crippen LogP contribution < -0.4 is 4.74 Å². The van der Waals surface area contributed by atoms with Gasteiger partial charge in [0.1, 0.15) is 5.75 Å². The lowest BCUT2D eigenvalue weighted by molar-refractivity contribution is 0.288. The summed E-state index contributed by atoms with van der Waals surface area (Å²) in [6.45, 7) is 3.41. The van der Waals surface area contributed by atoms with Gasteiger partial charge in [0.05, 0.1) is 12.0 Å². The highest BCUT2D eigenvalue weighted by molar-refractivity contribution is 7.89. The Morgan fingerprint density at radius 3 is 2.22 bits per heavy atom. The zero-order valence-electron chi connectivity index (χ0n) is 10.8. The maximum absolute atomic E-state index is 12.4. The molecular weight excluding hydrogens is 250 g/mol. The molecule has 0 bridgehead atoms. The number of hydrogen-bond acceptors (Lipinski definition) is 3. The molecule has 0 spiro atoms. The molecule has 1 aliphatic heterocycles. The number of piperidine rings is 1. The molecule has 18 heavy (non-hydrogen) atoms. The van der Waals surface area contributed by atoms with Crippen LogP contribution in [0.25, 0.3) is 0 Å². The standard InChI is InChI=1S/C13H19NO3S/c1-11-7-9-14(10-8-11)18(15,16)13-5-3-12(17-2)4-6-13/h3-6,11H,7-10H2,1-2H3. The van der Waals surface area contributed by atoms with Crippen molar-refractivity contribution >= 4 is 10.0 Å². The molecule has 1 fully saturated rings. The minimum atomic E-state index is -3.33. The molecule has 1 saturated heterocycles. The van der Waals surface area contributed by atoms with Gasteiger partial charge >= 0.3 is 0 Å². The molecule has 100 valence electrons. The molecule has 0 radical (unpaired) electrons. The number of benzene rings is 1. The molecule has 0 saturated carbocycles. The number of rotatable bonds is 3. The molecule has 2 rings (SSSR count). The Bertz CT molecular complexity index is 487. The van der Waals surface area contributed by atoms with Gasteiger partial charge in [0.2, 0.25) is 10.0 Å². The molecule has 0 unspecified atom stereocenters. The molecule has 1 aromatic carbocycles. The van der Waals surface area contributed by atoms with Crippen LogP contribution in [0.5, 0.6) is 5.75 Å². The van der Waals surface area contributed by atoms with E-state index < -0.39 is 10.0 Å². The van der Waals surface area contributed by atoms with Gasteiger partial charge in [0.15, 0.2) is 0 Å². The van der Waals surface area contributed by atoms with Gasteiger partial charge in [-0.3, -0.25) is 0 Å². The summed E-state index contributed by atoms with van der Waals surface area (Å²) in [5.41, 5.74) is 0. The van der Waals surface area contributed by atoms with Crippen LogP contribution in [0.3, 0.4) is 0 Å². The second kappa shape index (κ2) is 5.28. The van der Waals surface area contributed by atoms with Crippen molar-refractivity contribution < 1.29 is 13.2 Å². The minimum absolute atomic E-state index is 0.345. The molecule has 5 heteroatoms. The largest absolute Gasteiger partial charge is 0.497 e. The van der Waals surface area contributed by atoms with E-state index in [1.807, 2.05) is 0 Å². The van der Waals surface area contributed by atoms with E-state index in [4.69, 9.17) is 4.74 Å². The summed E-state index contributed by atoms with van der Waals surface area (Å²) in [6, 6.07) is 6.57. The van der Waals surface area contributed by atoms with Crippen LogP contribution in [0, 0.1) is 5.92 Å². The third-order valence-corrected chi connectivity index (χ3v) is 5.35. The van der Waals surface area contributed by atoms with Gasteiger partial charge in [-0.15, -0.1) is 0 Å². The van der Waals surface area contributed by atoms with E-state index in [9.17, 15) is 8.42 Å². The van der Waals surface area contributed by atoms with E-state index in [-0.39, 0.29) is 0 Å². The second-order valence-corrected chi connectivity index (χ2v) is 6.70. The van der Waals surface area contributed by atoms with Gasteiger partial charge in [-0.05, 0) is 43.0 Å². The molecule has 0 N–H and O–H groups in total. The number of sulfonamides is 1. The topological polar surface area (TPSA) is 46.6 Å². The molecule has 1 aromatic rings. The Balaban J connectivity index is 2.19. The van der Waals surface area contributed by atoms with E-state index in [1.165, 1.54) is 0 Å². The van der Waals surface area contributed by atoms with Crippen LogP contribution in [0.2, 0.25) is 0 Å². The van der Waals surface area contributed by atoms with Crippen molar-refractivity contribution in [1.82, 2.24) is 4.31 Å². The lowest BCUT2D eigenvalue weighted by atomic mass is 10.0. The lowest BCUT2D eigenvalue weighted by Crippen LogP contribution is -2.37. The van der Waals surface area contributed by atoms with Crippen molar-refractivity contribution in [3.63, 3.8) is 0 Å². The molecule has 0 aliphatic carbocycles. The number of ether oxygens (including phenoxy) is 1. The fraction of sp³-hybridized carbons (Fsp3) is 0.538. The summed E-state index contributed by atoms with van der Waals surface area (Å²) in [7, 11) is -1.77. The predicted molar refractivity (Wildman–Crippen MR) is 70.2 cm³/mol. The van der Waals surface area contributed by atoms with E-state index >= 15 is 0 Å². The monoisotopic (exact) mass is 269 g/mol. The Hall–Kier alpha value is -1.07. The summed E-state index contributed by atoms with van der Waals surface area (Å²) in [5, 5.41) is 0. The summed E-state index contributed by atoms with van der Waals surface area (Å²) in [5.74, 6) is 1.29. The zero-order valence-corrected chi connectivity index (χ0v) is 11.6.